The van der Waals surface area contributed by atoms with Crippen LogP contribution in [0, 0.1) is 10.1 Å². The maximum Gasteiger partial charge on any atom is 0.305 e. The fourth-order valence-corrected chi connectivity index (χ4v) is 2.36. The lowest BCUT2D eigenvalue weighted by Gasteiger charge is -2.14. The number of nitrogens with one attached hydrogen (secondary N) is 1. The number of benzene rings is 2. The van der Waals surface area contributed by atoms with Crippen molar-refractivity contribution in [3.63, 3.8) is 0 Å². The number of rotatable bonds is 5. The second-order valence-electron chi connectivity index (χ2n) is 5.38. The quantitative estimate of drug-likeness (QED) is 0.562. The zero-order valence-corrected chi connectivity index (χ0v) is 13.1. The molecular formula is C18H16N4O2. The molecule has 0 bridgehead atoms. The molecule has 1 heterocycles. The third-order valence-corrected chi connectivity index (χ3v) is 3.71. The zero-order valence-electron chi connectivity index (χ0n) is 13.1. The Morgan fingerprint density at radius 1 is 0.958 bits per heavy atom. The minimum absolute atomic E-state index is 0.0173. The molecule has 0 radical (unpaired) electrons. The summed E-state index contributed by atoms with van der Waals surface area (Å²) in [4.78, 5) is 18.0. The summed E-state index contributed by atoms with van der Waals surface area (Å²) < 4.78 is 0. The SMILES string of the molecule is CC(Nc1ncc([N+](=O)[O-])cn1)c1ccc(-c2ccccc2)cc1. The summed E-state index contributed by atoms with van der Waals surface area (Å²) in [5.41, 5.74) is 3.28. The smallest absolute Gasteiger partial charge is 0.305 e. The first kappa shape index (κ1) is 15.6. The number of aromatic nitrogens is 2. The Morgan fingerprint density at radius 2 is 1.54 bits per heavy atom. The van der Waals surface area contributed by atoms with E-state index in [1.54, 1.807) is 0 Å². The van der Waals surface area contributed by atoms with Crippen LogP contribution in [-0.4, -0.2) is 14.9 Å². The number of nitrogens with zero attached hydrogens (tertiary/aromatic N) is 3. The molecule has 2 aromatic carbocycles. The van der Waals surface area contributed by atoms with E-state index in [1.165, 1.54) is 18.0 Å². The van der Waals surface area contributed by atoms with Gasteiger partial charge in [0.25, 0.3) is 0 Å². The molecule has 1 aromatic heterocycles. The largest absolute Gasteiger partial charge is 0.348 e. The van der Waals surface area contributed by atoms with E-state index in [0.29, 0.717) is 5.95 Å². The molecule has 0 aliphatic heterocycles. The first-order valence-corrected chi connectivity index (χ1v) is 7.52. The lowest BCUT2D eigenvalue weighted by atomic mass is 10.0. The predicted molar refractivity (Wildman–Crippen MR) is 92.6 cm³/mol. The Hall–Kier alpha value is -3.28. The highest BCUT2D eigenvalue weighted by Crippen LogP contribution is 2.23. The molecule has 3 aromatic rings. The summed E-state index contributed by atoms with van der Waals surface area (Å²) in [5.74, 6) is 0.361. The van der Waals surface area contributed by atoms with Crippen LogP contribution in [-0.2, 0) is 0 Å². The van der Waals surface area contributed by atoms with E-state index in [0.717, 1.165) is 11.1 Å². The Kier molecular flexibility index (Phi) is 4.47. The van der Waals surface area contributed by atoms with Crippen molar-refractivity contribution < 1.29 is 4.92 Å². The van der Waals surface area contributed by atoms with Gasteiger partial charge in [0.05, 0.1) is 11.0 Å². The maximum atomic E-state index is 10.6. The van der Waals surface area contributed by atoms with Crippen LogP contribution < -0.4 is 5.32 Å². The van der Waals surface area contributed by atoms with Gasteiger partial charge in [-0.05, 0) is 23.6 Å². The van der Waals surface area contributed by atoms with E-state index in [2.05, 4.69) is 39.6 Å². The summed E-state index contributed by atoms with van der Waals surface area (Å²) in [5, 5.41) is 13.7. The van der Waals surface area contributed by atoms with E-state index >= 15 is 0 Å². The van der Waals surface area contributed by atoms with Crippen molar-refractivity contribution in [1.82, 2.24) is 9.97 Å². The van der Waals surface area contributed by atoms with Gasteiger partial charge in [0.2, 0.25) is 5.95 Å². The van der Waals surface area contributed by atoms with Gasteiger partial charge >= 0.3 is 5.69 Å². The highest BCUT2D eigenvalue weighted by molar-refractivity contribution is 5.63. The molecule has 0 aliphatic carbocycles. The van der Waals surface area contributed by atoms with E-state index in [-0.39, 0.29) is 11.7 Å². The van der Waals surface area contributed by atoms with Gasteiger partial charge in [0.1, 0.15) is 12.4 Å². The minimum Gasteiger partial charge on any atom is -0.348 e. The summed E-state index contributed by atoms with van der Waals surface area (Å²) in [6.45, 7) is 1.99. The summed E-state index contributed by atoms with van der Waals surface area (Å²) in [7, 11) is 0. The molecule has 1 N–H and O–H groups in total. The molecule has 0 saturated heterocycles. The average Bonchev–Trinajstić information content (AvgIpc) is 2.63. The molecule has 0 amide bonds. The molecular weight excluding hydrogens is 304 g/mol. The van der Waals surface area contributed by atoms with Crippen LogP contribution in [0.2, 0.25) is 0 Å². The molecule has 6 heteroatoms. The summed E-state index contributed by atoms with van der Waals surface area (Å²) in [6, 6.07) is 18.4. The topological polar surface area (TPSA) is 81.0 Å². The van der Waals surface area contributed by atoms with Crippen LogP contribution in [0.1, 0.15) is 18.5 Å². The predicted octanol–water partition coefficient (Wildman–Crippen LogP) is 4.22. The van der Waals surface area contributed by atoms with Crippen molar-refractivity contribution in [2.75, 3.05) is 5.32 Å². The molecule has 1 atom stereocenters. The van der Waals surface area contributed by atoms with Crippen molar-refractivity contribution in [1.29, 1.82) is 0 Å². The number of hydrogen-bond acceptors (Lipinski definition) is 5. The van der Waals surface area contributed by atoms with Crippen molar-refractivity contribution in [2.45, 2.75) is 13.0 Å². The van der Waals surface area contributed by atoms with Gasteiger partial charge in [0.15, 0.2) is 0 Å². The second-order valence-corrected chi connectivity index (χ2v) is 5.38. The molecule has 0 fully saturated rings. The zero-order chi connectivity index (χ0) is 16.9. The van der Waals surface area contributed by atoms with Crippen molar-refractivity contribution in [2.24, 2.45) is 0 Å². The number of nitro groups is 1. The Morgan fingerprint density at radius 3 is 2.12 bits per heavy atom. The standard InChI is InChI=1S/C18H16N4O2/c1-13(21-18-19-11-17(12-20-18)22(23)24)14-7-9-16(10-8-14)15-5-3-2-4-6-15/h2-13H,1H3,(H,19,20,21). The lowest BCUT2D eigenvalue weighted by molar-refractivity contribution is -0.385. The van der Waals surface area contributed by atoms with Gasteiger partial charge in [-0.1, -0.05) is 54.6 Å². The fraction of sp³-hybridized carbons (Fsp3) is 0.111. The van der Waals surface area contributed by atoms with Crippen LogP contribution in [0.4, 0.5) is 11.6 Å². The highest BCUT2D eigenvalue weighted by Gasteiger charge is 2.10. The molecule has 120 valence electrons. The van der Waals surface area contributed by atoms with Gasteiger partial charge in [-0.2, -0.15) is 0 Å². The van der Waals surface area contributed by atoms with Crippen LogP contribution in [0.15, 0.2) is 67.0 Å². The lowest BCUT2D eigenvalue weighted by Crippen LogP contribution is -2.09. The van der Waals surface area contributed by atoms with Gasteiger partial charge in [0, 0.05) is 0 Å². The first-order valence-electron chi connectivity index (χ1n) is 7.52. The number of anilines is 1. The Balaban J connectivity index is 1.71. The molecule has 0 saturated carbocycles. The highest BCUT2D eigenvalue weighted by atomic mass is 16.6. The van der Waals surface area contributed by atoms with Gasteiger partial charge < -0.3 is 5.32 Å². The minimum atomic E-state index is -0.518. The fourth-order valence-electron chi connectivity index (χ4n) is 2.36. The van der Waals surface area contributed by atoms with Gasteiger partial charge in [-0.25, -0.2) is 9.97 Å². The van der Waals surface area contributed by atoms with Crippen LogP contribution in [0.3, 0.4) is 0 Å². The summed E-state index contributed by atoms with van der Waals surface area (Å²) in [6.07, 6.45) is 2.39. The van der Waals surface area contributed by atoms with Crippen molar-refractivity contribution in [3.05, 3.63) is 82.7 Å². The van der Waals surface area contributed by atoms with Crippen molar-refractivity contribution in [3.8, 4) is 11.1 Å². The third kappa shape index (κ3) is 3.55. The van der Waals surface area contributed by atoms with E-state index in [9.17, 15) is 10.1 Å². The molecule has 6 nitrogen and oxygen atoms in total. The van der Waals surface area contributed by atoms with E-state index in [1.807, 2.05) is 37.3 Å². The normalized spacial score (nSPS) is 11.7. The van der Waals surface area contributed by atoms with E-state index in [4.69, 9.17) is 0 Å². The molecule has 24 heavy (non-hydrogen) atoms. The van der Waals surface area contributed by atoms with Crippen LogP contribution >= 0.6 is 0 Å². The molecule has 3 rings (SSSR count). The molecule has 0 aliphatic rings. The third-order valence-electron chi connectivity index (χ3n) is 3.71. The second kappa shape index (κ2) is 6.87. The van der Waals surface area contributed by atoms with Crippen LogP contribution in [0.5, 0.6) is 0 Å². The van der Waals surface area contributed by atoms with Gasteiger partial charge in [-0.15, -0.1) is 0 Å². The Labute approximate surface area is 139 Å². The van der Waals surface area contributed by atoms with Crippen molar-refractivity contribution >= 4 is 11.6 Å². The Bertz CT molecular complexity index is 818. The molecule has 0 spiro atoms. The van der Waals surface area contributed by atoms with Crippen LogP contribution in [0.25, 0.3) is 11.1 Å². The monoisotopic (exact) mass is 320 g/mol. The molecule has 1 unspecified atom stereocenters. The first-order chi connectivity index (χ1) is 11.6. The summed E-state index contributed by atoms with van der Waals surface area (Å²) >= 11 is 0. The maximum absolute atomic E-state index is 10.6. The average molecular weight is 320 g/mol. The number of hydrogen-bond donors (Lipinski definition) is 1. The van der Waals surface area contributed by atoms with E-state index < -0.39 is 4.92 Å². The van der Waals surface area contributed by atoms with Gasteiger partial charge in [-0.3, -0.25) is 10.1 Å².